The van der Waals surface area contributed by atoms with Gasteiger partial charge in [0.15, 0.2) is 0 Å². The van der Waals surface area contributed by atoms with Crippen LogP contribution >= 0.6 is 9.69 Å². The van der Waals surface area contributed by atoms with Crippen molar-refractivity contribution >= 4 is 17.8 Å². The Morgan fingerprint density at radius 1 is 1.38 bits per heavy atom. The standard InChI is InChI=1S/C5H11Si.ClH.Zn/c1-5-6(2,3)4;;/h1H2,2-4H3;1H;/q-1;;+2/p-1. The molecule has 44 valence electrons. The molecule has 0 saturated heterocycles. The van der Waals surface area contributed by atoms with Crippen molar-refractivity contribution in [2.24, 2.45) is 0 Å². The third kappa shape index (κ3) is 15.8. The van der Waals surface area contributed by atoms with Gasteiger partial charge in [-0.15, -0.1) is 8.07 Å². The van der Waals surface area contributed by atoms with Crippen LogP contribution in [0.2, 0.25) is 19.6 Å². The fourth-order valence-electron chi connectivity index (χ4n) is 0. The van der Waals surface area contributed by atoms with Crippen molar-refractivity contribution in [3.8, 4) is 0 Å². The summed E-state index contributed by atoms with van der Waals surface area (Å²) in [6, 6.07) is 0. The molecular weight excluding hydrogens is 189 g/mol. The van der Waals surface area contributed by atoms with Crippen molar-refractivity contribution in [3.05, 3.63) is 12.3 Å². The predicted octanol–water partition coefficient (Wildman–Crippen LogP) is 2.54. The van der Waals surface area contributed by atoms with Crippen LogP contribution in [0.25, 0.3) is 0 Å². The Labute approximate surface area is 67.0 Å². The van der Waals surface area contributed by atoms with E-state index in [0.717, 1.165) is 17.3 Å². The van der Waals surface area contributed by atoms with Crippen LogP contribution in [0.5, 0.6) is 0 Å². The van der Waals surface area contributed by atoms with E-state index in [2.05, 4.69) is 31.9 Å². The average Bonchev–Trinajstić information content (AvgIpc) is 1.71. The normalized spacial score (nSPS) is 9.25. The monoisotopic (exact) mass is 198 g/mol. The second kappa shape index (κ2) is 6.00. The first-order valence-corrected chi connectivity index (χ1v) is 9.77. The topological polar surface area (TPSA) is 0 Å². The summed E-state index contributed by atoms with van der Waals surface area (Å²) in [5, 5.41) is 0. The van der Waals surface area contributed by atoms with Gasteiger partial charge in [0.25, 0.3) is 0 Å². The van der Waals surface area contributed by atoms with E-state index in [1.165, 1.54) is 0 Å². The fraction of sp³-hybridized carbons (Fsp3) is 0.600. The molecule has 0 bridgehead atoms. The van der Waals surface area contributed by atoms with Gasteiger partial charge in [-0.1, -0.05) is 19.6 Å². The minimum absolute atomic E-state index is 0.847. The van der Waals surface area contributed by atoms with E-state index >= 15 is 0 Å². The molecule has 0 aromatic carbocycles. The van der Waals surface area contributed by atoms with Crippen molar-refractivity contribution in [1.82, 2.24) is 0 Å². The molecule has 0 aromatic rings. The number of hydrogen-bond acceptors (Lipinski definition) is 0. The first-order chi connectivity index (χ1) is 3.56. The molecule has 0 N–H and O–H groups in total. The summed E-state index contributed by atoms with van der Waals surface area (Å²) >= 11 is 0.847. The fourth-order valence-corrected chi connectivity index (χ4v) is 0. The molecule has 0 aliphatic heterocycles. The molecule has 0 atom stereocenters. The van der Waals surface area contributed by atoms with Crippen molar-refractivity contribution < 1.29 is 17.3 Å². The Balaban J connectivity index is 0. The molecule has 0 unspecified atom stereocenters. The summed E-state index contributed by atoms with van der Waals surface area (Å²) in [7, 11) is 3.77. The maximum absolute atomic E-state index is 4.76. The van der Waals surface area contributed by atoms with Gasteiger partial charge in [-0.2, -0.15) is 0 Å². The van der Waals surface area contributed by atoms with Gasteiger partial charge in [-0.3, -0.25) is 6.58 Å². The third-order valence-corrected chi connectivity index (χ3v) is 1.59. The summed E-state index contributed by atoms with van der Waals surface area (Å²) in [5.74, 6) is 0. The van der Waals surface area contributed by atoms with Crippen LogP contribution in [-0.4, -0.2) is 8.07 Å². The summed E-state index contributed by atoms with van der Waals surface area (Å²) < 4.78 is 0. The Morgan fingerprint density at radius 3 is 1.50 bits per heavy atom. The summed E-state index contributed by atoms with van der Waals surface area (Å²) in [5.41, 5.74) is 2.99. The second-order valence-corrected chi connectivity index (χ2v) is 7.28. The van der Waals surface area contributed by atoms with Crippen LogP contribution < -0.4 is 0 Å². The van der Waals surface area contributed by atoms with Gasteiger partial charge in [0.2, 0.25) is 0 Å². The Hall–Kier alpha value is 0.870. The second-order valence-electron chi connectivity index (χ2n) is 2.43. The molecule has 0 heterocycles. The van der Waals surface area contributed by atoms with Crippen molar-refractivity contribution in [2.75, 3.05) is 0 Å². The summed E-state index contributed by atoms with van der Waals surface area (Å²) in [6.07, 6.45) is 0. The molecule has 0 aliphatic rings. The average molecular weight is 200 g/mol. The zero-order valence-corrected chi connectivity index (χ0v) is 10.5. The molecule has 8 heavy (non-hydrogen) atoms. The van der Waals surface area contributed by atoms with Gasteiger partial charge in [-0.05, 0) is 0 Å². The van der Waals surface area contributed by atoms with Crippen LogP contribution in [0.1, 0.15) is 0 Å². The van der Waals surface area contributed by atoms with E-state index in [1.807, 2.05) is 0 Å². The molecule has 0 amide bonds. The number of rotatable bonds is 1. The van der Waals surface area contributed by atoms with Gasteiger partial charge >= 0.3 is 27.0 Å². The molecule has 0 nitrogen and oxygen atoms in total. The van der Waals surface area contributed by atoms with Crippen LogP contribution in [0.4, 0.5) is 0 Å². The quantitative estimate of drug-likeness (QED) is 0.450. The maximum atomic E-state index is 4.76. The van der Waals surface area contributed by atoms with Crippen LogP contribution in [0.15, 0.2) is 6.58 Å². The van der Waals surface area contributed by atoms with Crippen molar-refractivity contribution in [1.29, 1.82) is 0 Å². The minimum atomic E-state index is -0.992. The molecular formula is C5H11ClSiZn. The van der Waals surface area contributed by atoms with Gasteiger partial charge in [-0.25, -0.2) is 0 Å². The molecule has 0 fully saturated rings. The Bertz CT molecular complexity index is 57.9. The van der Waals surface area contributed by atoms with Crippen LogP contribution in [0.3, 0.4) is 0 Å². The Morgan fingerprint density at radius 2 is 1.50 bits per heavy atom. The first-order valence-electron chi connectivity index (χ1n) is 2.37. The summed E-state index contributed by atoms with van der Waals surface area (Å²) in [4.78, 5) is 0. The van der Waals surface area contributed by atoms with Crippen molar-refractivity contribution in [3.63, 3.8) is 0 Å². The molecule has 3 heteroatoms. The zero-order valence-electron chi connectivity index (χ0n) is 5.79. The number of halogens is 1. The molecule has 0 spiro atoms. The van der Waals surface area contributed by atoms with Crippen LogP contribution in [0, 0.1) is 5.70 Å². The Kier molecular flexibility index (Phi) is 8.73. The third-order valence-electron chi connectivity index (χ3n) is 0.530. The van der Waals surface area contributed by atoms with Crippen LogP contribution in [-0.2, 0) is 17.3 Å². The molecule has 0 radical (unpaired) electrons. The molecule has 0 rings (SSSR count). The summed E-state index contributed by atoms with van der Waals surface area (Å²) in [6.45, 7) is 10.2. The molecule has 0 aromatic heterocycles. The van der Waals surface area contributed by atoms with Gasteiger partial charge in [0.05, 0.1) is 0 Å². The SMILES string of the molecule is C=[C-][Si](C)(C)C.[Cl][Zn+]. The number of hydrogen-bond donors (Lipinski definition) is 0. The first kappa shape index (κ1) is 11.6. The van der Waals surface area contributed by atoms with E-state index in [9.17, 15) is 0 Å². The van der Waals surface area contributed by atoms with Gasteiger partial charge < -0.3 is 5.70 Å². The van der Waals surface area contributed by atoms with E-state index in [-0.39, 0.29) is 0 Å². The van der Waals surface area contributed by atoms with E-state index < -0.39 is 8.07 Å². The van der Waals surface area contributed by atoms with Gasteiger partial charge in [0.1, 0.15) is 0 Å². The van der Waals surface area contributed by atoms with E-state index in [4.69, 9.17) is 9.69 Å². The van der Waals surface area contributed by atoms with Crippen molar-refractivity contribution in [2.45, 2.75) is 19.6 Å². The van der Waals surface area contributed by atoms with E-state index in [1.54, 1.807) is 0 Å². The zero-order chi connectivity index (χ0) is 7.21. The molecule has 0 aliphatic carbocycles. The van der Waals surface area contributed by atoms with E-state index in [0.29, 0.717) is 0 Å². The molecule has 0 saturated carbocycles. The predicted molar refractivity (Wildman–Crippen MR) is 38.1 cm³/mol. The van der Waals surface area contributed by atoms with Gasteiger partial charge in [0, 0.05) is 0 Å².